The lowest BCUT2D eigenvalue weighted by molar-refractivity contribution is -0.192. The first-order chi connectivity index (χ1) is 19.0. The number of carbonyl (C=O) groups is 3. The largest absolute Gasteiger partial charge is 0.490 e. The first kappa shape index (κ1) is 31.7. The molecule has 2 amide bonds. The van der Waals surface area contributed by atoms with Crippen molar-refractivity contribution in [3.8, 4) is 0 Å². The number of aliphatic imine (C=N–C) groups is 1. The van der Waals surface area contributed by atoms with Crippen LogP contribution in [0.15, 0.2) is 41.4 Å². The zero-order chi connectivity index (χ0) is 30.7. The second-order valence-electron chi connectivity index (χ2n) is 9.60. The molecular weight excluding hydrogens is 579 g/mol. The number of hydrogen-bond donors (Lipinski definition) is 3. The van der Waals surface area contributed by atoms with E-state index in [2.05, 4.69) is 10.3 Å². The third-order valence-electron chi connectivity index (χ3n) is 6.45. The number of carbonyl (C=O) groups excluding carboxylic acids is 2. The van der Waals surface area contributed by atoms with E-state index in [1.54, 1.807) is 30.0 Å². The average molecular weight is 605 g/mol. The number of amides is 2. The maximum absolute atomic E-state index is 13.5. The van der Waals surface area contributed by atoms with E-state index >= 15 is 0 Å². The molecule has 0 spiro atoms. The Labute approximate surface area is 236 Å². The van der Waals surface area contributed by atoms with Gasteiger partial charge in [0, 0.05) is 23.8 Å². The smallest absolute Gasteiger partial charge is 0.475 e. The Hall–Kier alpha value is -3.78. The molecule has 3 atom stereocenters. The quantitative estimate of drug-likeness (QED) is 0.428. The fourth-order valence-corrected chi connectivity index (χ4v) is 4.86. The summed E-state index contributed by atoms with van der Waals surface area (Å²) in [5.41, 5.74) is 5.91. The number of carboxylic acid groups (broad SMARTS) is 1. The minimum Gasteiger partial charge on any atom is -0.475 e. The van der Waals surface area contributed by atoms with Gasteiger partial charge in [0.25, 0.3) is 5.91 Å². The van der Waals surface area contributed by atoms with Gasteiger partial charge in [0.05, 0.1) is 28.8 Å². The van der Waals surface area contributed by atoms with Crippen LogP contribution in [-0.2, 0) is 19.9 Å². The van der Waals surface area contributed by atoms with Crippen molar-refractivity contribution < 1.29 is 46.2 Å². The molecule has 41 heavy (non-hydrogen) atoms. The van der Waals surface area contributed by atoms with E-state index in [0.717, 1.165) is 12.1 Å². The molecule has 4 rings (SSSR count). The normalized spacial score (nSPS) is 22.8. The number of rotatable bonds is 4. The highest BCUT2D eigenvalue weighted by molar-refractivity contribution is 6.35. The number of halogens is 6. The van der Waals surface area contributed by atoms with Gasteiger partial charge in [-0.15, -0.1) is 0 Å². The van der Waals surface area contributed by atoms with Crippen molar-refractivity contribution in [2.75, 3.05) is 11.9 Å². The monoisotopic (exact) mass is 604 g/mol. The second-order valence-corrected chi connectivity index (χ2v) is 9.97. The summed E-state index contributed by atoms with van der Waals surface area (Å²) in [5, 5.41) is 9.91. The van der Waals surface area contributed by atoms with Gasteiger partial charge in [-0.25, -0.2) is 18.6 Å². The van der Waals surface area contributed by atoms with E-state index in [1.807, 2.05) is 6.92 Å². The van der Waals surface area contributed by atoms with Crippen LogP contribution in [0.2, 0.25) is 5.02 Å². The van der Waals surface area contributed by atoms with E-state index in [0.29, 0.717) is 25.0 Å². The first-order valence-electron chi connectivity index (χ1n) is 12.2. The third kappa shape index (κ3) is 7.50. The van der Waals surface area contributed by atoms with Crippen LogP contribution in [0.5, 0.6) is 0 Å². The highest BCUT2D eigenvalue weighted by Crippen LogP contribution is 2.41. The molecule has 4 N–H and O–H groups in total. The number of hydrogen-bond acceptors (Lipinski definition) is 6. The molecule has 2 aliphatic heterocycles. The molecule has 2 aliphatic rings. The van der Waals surface area contributed by atoms with Crippen LogP contribution in [0.1, 0.15) is 49.0 Å². The predicted octanol–water partition coefficient (Wildman–Crippen LogP) is 4.83. The Balaban J connectivity index is 0.000000587. The molecule has 0 unspecified atom stereocenters. The first-order valence-corrected chi connectivity index (χ1v) is 12.6. The number of anilines is 1. The molecule has 9 nitrogen and oxygen atoms in total. The fourth-order valence-electron chi connectivity index (χ4n) is 4.48. The molecule has 2 aromatic rings. The van der Waals surface area contributed by atoms with Gasteiger partial charge in [0.2, 0.25) is 5.91 Å². The summed E-state index contributed by atoms with van der Waals surface area (Å²) in [6, 6.07) is 7.72. The number of carboxylic acids is 1. The maximum atomic E-state index is 13.5. The van der Waals surface area contributed by atoms with Crippen molar-refractivity contribution in [3.63, 3.8) is 0 Å². The lowest BCUT2D eigenvalue weighted by Crippen LogP contribution is -2.56. The Bertz CT molecular complexity index is 1370. The van der Waals surface area contributed by atoms with Gasteiger partial charge in [-0.1, -0.05) is 23.7 Å². The third-order valence-corrected chi connectivity index (χ3v) is 6.85. The lowest BCUT2D eigenvalue weighted by Gasteiger charge is -2.41. The Morgan fingerprint density at radius 1 is 1.22 bits per heavy atom. The van der Waals surface area contributed by atoms with Crippen molar-refractivity contribution in [2.45, 2.75) is 57.0 Å². The van der Waals surface area contributed by atoms with E-state index in [-0.39, 0.29) is 46.7 Å². The number of nitrogens with one attached hydrogen (secondary N) is 1. The molecule has 0 aromatic heterocycles. The Kier molecular flexibility index (Phi) is 9.59. The van der Waals surface area contributed by atoms with Gasteiger partial charge in [0.15, 0.2) is 17.6 Å². The minimum atomic E-state index is -5.08. The van der Waals surface area contributed by atoms with E-state index in [9.17, 15) is 31.5 Å². The number of ether oxygens (including phenoxy) is 1. The zero-order valence-electron chi connectivity index (χ0n) is 21.8. The summed E-state index contributed by atoms with van der Waals surface area (Å²) in [4.78, 5) is 40.8. The fraction of sp³-hybridized carbons (Fsp3) is 0.385. The highest BCUT2D eigenvalue weighted by atomic mass is 35.5. The van der Waals surface area contributed by atoms with Crippen molar-refractivity contribution in [1.29, 1.82) is 0 Å². The predicted molar refractivity (Wildman–Crippen MR) is 138 cm³/mol. The molecule has 2 aromatic carbocycles. The van der Waals surface area contributed by atoms with Crippen molar-refractivity contribution in [2.24, 2.45) is 10.7 Å². The van der Waals surface area contributed by atoms with E-state index in [1.165, 1.54) is 6.07 Å². The number of nitrogens with two attached hydrogens (primary N) is 1. The number of aliphatic carboxylic acids is 1. The Morgan fingerprint density at radius 3 is 2.44 bits per heavy atom. The van der Waals surface area contributed by atoms with Crippen molar-refractivity contribution >= 4 is 41.0 Å². The van der Waals surface area contributed by atoms with Gasteiger partial charge in [-0.3, -0.25) is 14.5 Å². The summed E-state index contributed by atoms with van der Waals surface area (Å²) in [7, 11) is 0. The zero-order valence-corrected chi connectivity index (χ0v) is 22.5. The molecule has 1 saturated heterocycles. The van der Waals surface area contributed by atoms with Gasteiger partial charge >= 0.3 is 12.1 Å². The summed E-state index contributed by atoms with van der Waals surface area (Å²) >= 11 is 6.62. The molecule has 0 aliphatic carbocycles. The number of benzene rings is 2. The van der Waals surface area contributed by atoms with Crippen LogP contribution in [0.3, 0.4) is 0 Å². The van der Waals surface area contributed by atoms with E-state index < -0.39 is 35.2 Å². The minimum absolute atomic E-state index is 0.0250. The van der Waals surface area contributed by atoms with Crippen LogP contribution in [0.4, 0.5) is 27.6 Å². The topological polar surface area (TPSA) is 134 Å². The summed E-state index contributed by atoms with van der Waals surface area (Å²) in [5.74, 6) is -5.65. The molecule has 2 heterocycles. The second kappa shape index (κ2) is 12.4. The number of nitrogens with zero attached hydrogens (tertiary/aromatic N) is 2. The van der Waals surface area contributed by atoms with Crippen LogP contribution < -0.4 is 11.1 Å². The van der Waals surface area contributed by atoms with Gasteiger partial charge in [-0.05, 0) is 51.0 Å². The van der Waals surface area contributed by atoms with Crippen LogP contribution in [0, 0.1) is 11.6 Å². The molecule has 15 heteroatoms. The summed E-state index contributed by atoms with van der Waals surface area (Å²) < 4.78 is 64.0. The molecule has 1 fully saturated rings. The van der Waals surface area contributed by atoms with E-state index in [4.69, 9.17) is 32.0 Å². The van der Waals surface area contributed by atoms with Gasteiger partial charge in [-0.2, -0.15) is 13.2 Å². The van der Waals surface area contributed by atoms with Crippen LogP contribution in [0.25, 0.3) is 0 Å². The van der Waals surface area contributed by atoms with Crippen molar-refractivity contribution in [1.82, 2.24) is 4.90 Å². The number of alkyl halides is 3. The van der Waals surface area contributed by atoms with Gasteiger partial charge in [0.1, 0.15) is 0 Å². The van der Waals surface area contributed by atoms with Gasteiger partial charge < -0.3 is 20.9 Å². The molecule has 0 radical (unpaired) electrons. The standard InChI is InChI=1S/C24H25ClF2N4O3.C2HF3O2/c1-13-10-15(8-9-34-13)31-20(32)12-24(2,30-23(31)28)16-4-3-5-19(21(16)25)29-22(33)14-6-7-17(26)18(27)11-14;3-2(4,5)1(6)7/h3-7,11,13,15H,8-10,12H2,1-2H3,(H2,28,30)(H,29,33);(H,6,7)/t13-,15-,24+;/m1./s1. The van der Waals surface area contributed by atoms with Crippen LogP contribution in [-0.4, -0.2) is 58.7 Å². The Morgan fingerprint density at radius 2 is 1.88 bits per heavy atom. The summed E-state index contributed by atoms with van der Waals surface area (Å²) in [6.07, 6.45) is -3.67. The van der Waals surface area contributed by atoms with Crippen molar-refractivity contribution in [3.05, 3.63) is 64.2 Å². The number of guanidine groups is 1. The summed E-state index contributed by atoms with van der Waals surface area (Å²) in [6.45, 7) is 4.26. The molecule has 0 saturated carbocycles. The van der Waals surface area contributed by atoms with Crippen LogP contribution >= 0.6 is 11.6 Å². The highest BCUT2D eigenvalue weighted by Gasteiger charge is 2.42. The average Bonchev–Trinajstić information content (AvgIpc) is 2.86. The lowest BCUT2D eigenvalue weighted by atomic mass is 9.86. The molecule has 222 valence electrons. The maximum Gasteiger partial charge on any atom is 0.490 e. The molecular formula is C26H26ClF5N4O5. The SMILES string of the molecule is C[C@@H]1C[C@H](N2C(=O)C[C@@](C)(c3cccc(NC(=O)c4ccc(F)c(F)c4)c3Cl)N=C2N)CCO1.O=C(O)C(F)(F)F. The molecule has 0 bridgehead atoms.